The van der Waals surface area contributed by atoms with Crippen LogP contribution in [0.4, 0.5) is 18.9 Å². The van der Waals surface area contributed by atoms with Crippen LogP contribution in [0.15, 0.2) is 30.3 Å². The van der Waals surface area contributed by atoms with Gasteiger partial charge in [-0.05, 0) is 24.3 Å². The molecular formula is C13H6F3N3OS. The molecule has 1 N–H and O–H groups in total. The average molecular weight is 309 g/mol. The molecule has 0 saturated heterocycles. The topological polar surface area (TPSA) is 54.9 Å². The maximum absolute atomic E-state index is 13.1. The van der Waals surface area contributed by atoms with Gasteiger partial charge in [-0.2, -0.15) is 8.75 Å². The highest BCUT2D eigenvalue weighted by Gasteiger charge is 2.16. The minimum absolute atomic E-state index is 0.327. The highest BCUT2D eigenvalue weighted by Crippen LogP contribution is 2.22. The molecule has 0 fully saturated rings. The molecule has 0 atom stereocenters. The fourth-order valence-electron chi connectivity index (χ4n) is 1.79. The van der Waals surface area contributed by atoms with Gasteiger partial charge in [0.2, 0.25) is 0 Å². The molecule has 0 aliphatic carbocycles. The van der Waals surface area contributed by atoms with Gasteiger partial charge in [-0.25, -0.2) is 13.2 Å². The number of anilines is 1. The van der Waals surface area contributed by atoms with Crippen molar-refractivity contribution in [1.29, 1.82) is 0 Å². The first kappa shape index (κ1) is 13.5. The van der Waals surface area contributed by atoms with E-state index in [2.05, 4.69) is 14.1 Å². The Kier molecular flexibility index (Phi) is 3.30. The Morgan fingerprint density at radius 3 is 2.52 bits per heavy atom. The van der Waals surface area contributed by atoms with Crippen LogP contribution in [0.1, 0.15) is 10.4 Å². The van der Waals surface area contributed by atoms with E-state index in [1.54, 1.807) is 18.2 Å². The largest absolute Gasteiger partial charge is 0.320 e. The van der Waals surface area contributed by atoms with Crippen molar-refractivity contribution in [1.82, 2.24) is 8.75 Å². The predicted octanol–water partition coefficient (Wildman–Crippen LogP) is 3.36. The number of benzene rings is 2. The maximum Gasteiger partial charge on any atom is 0.255 e. The van der Waals surface area contributed by atoms with Gasteiger partial charge in [-0.3, -0.25) is 4.79 Å². The molecule has 0 bridgehead atoms. The first-order valence-electron chi connectivity index (χ1n) is 5.73. The number of nitrogens with zero attached hydrogens (tertiary/aromatic N) is 2. The van der Waals surface area contributed by atoms with Crippen molar-refractivity contribution in [2.75, 3.05) is 5.32 Å². The molecular weight excluding hydrogens is 303 g/mol. The van der Waals surface area contributed by atoms with Gasteiger partial charge in [-0.1, -0.05) is 6.07 Å². The minimum Gasteiger partial charge on any atom is -0.320 e. The van der Waals surface area contributed by atoms with Gasteiger partial charge in [0.25, 0.3) is 5.91 Å². The second kappa shape index (κ2) is 5.13. The van der Waals surface area contributed by atoms with Gasteiger partial charge >= 0.3 is 0 Å². The van der Waals surface area contributed by atoms with Crippen molar-refractivity contribution in [2.24, 2.45) is 0 Å². The van der Waals surface area contributed by atoms with Crippen LogP contribution in [-0.2, 0) is 0 Å². The molecule has 0 unspecified atom stereocenters. The van der Waals surface area contributed by atoms with Crippen LogP contribution in [0.3, 0.4) is 0 Å². The number of rotatable bonds is 2. The molecule has 2 aromatic carbocycles. The number of carbonyl (C=O) groups is 1. The molecule has 21 heavy (non-hydrogen) atoms. The van der Waals surface area contributed by atoms with Crippen LogP contribution < -0.4 is 5.32 Å². The molecule has 8 heteroatoms. The third-order valence-electron chi connectivity index (χ3n) is 2.78. The zero-order valence-electron chi connectivity index (χ0n) is 10.2. The van der Waals surface area contributed by atoms with Crippen molar-refractivity contribution >= 4 is 34.4 Å². The Bertz CT molecular complexity index is 827. The summed E-state index contributed by atoms with van der Waals surface area (Å²) in [5, 5.41) is 2.47. The van der Waals surface area contributed by atoms with Gasteiger partial charge < -0.3 is 5.32 Å². The number of halogens is 3. The zero-order valence-corrected chi connectivity index (χ0v) is 11.0. The molecule has 0 saturated carbocycles. The summed E-state index contributed by atoms with van der Waals surface area (Å²) in [7, 11) is 0. The summed E-state index contributed by atoms with van der Waals surface area (Å²) in [5.41, 5.74) is 1.09. The van der Waals surface area contributed by atoms with E-state index >= 15 is 0 Å². The lowest BCUT2D eigenvalue weighted by molar-refractivity contribution is 0.102. The summed E-state index contributed by atoms with van der Waals surface area (Å²) < 4.78 is 47.2. The molecule has 3 aromatic rings. The third-order valence-corrected chi connectivity index (χ3v) is 3.32. The number of fused-ring (bicyclic) bond motifs is 1. The smallest absolute Gasteiger partial charge is 0.255 e. The maximum atomic E-state index is 13.1. The van der Waals surface area contributed by atoms with E-state index in [1.807, 2.05) is 0 Å². The van der Waals surface area contributed by atoms with Crippen molar-refractivity contribution < 1.29 is 18.0 Å². The van der Waals surface area contributed by atoms with E-state index in [4.69, 9.17) is 0 Å². The summed E-state index contributed by atoms with van der Waals surface area (Å²) >= 11 is 0.976. The molecule has 106 valence electrons. The SMILES string of the molecule is O=C(Nc1cccc2nsnc12)c1cc(F)c(F)c(F)c1. The van der Waals surface area contributed by atoms with E-state index in [0.29, 0.717) is 28.9 Å². The second-order valence-corrected chi connectivity index (χ2v) is 4.67. The van der Waals surface area contributed by atoms with Gasteiger partial charge in [0, 0.05) is 5.56 Å². The van der Waals surface area contributed by atoms with Crippen molar-refractivity contribution in [3.05, 3.63) is 53.3 Å². The highest BCUT2D eigenvalue weighted by atomic mass is 32.1. The van der Waals surface area contributed by atoms with E-state index in [1.165, 1.54) is 0 Å². The molecule has 1 heterocycles. The minimum atomic E-state index is -1.61. The molecule has 0 spiro atoms. The third kappa shape index (κ3) is 2.45. The monoisotopic (exact) mass is 309 g/mol. The molecule has 4 nitrogen and oxygen atoms in total. The zero-order chi connectivity index (χ0) is 15.0. The summed E-state index contributed by atoms with van der Waals surface area (Å²) in [4.78, 5) is 12.0. The first-order valence-corrected chi connectivity index (χ1v) is 6.46. The lowest BCUT2D eigenvalue weighted by Crippen LogP contribution is -2.13. The van der Waals surface area contributed by atoms with Crippen LogP contribution in [0.25, 0.3) is 11.0 Å². The van der Waals surface area contributed by atoms with Crippen molar-refractivity contribution in [3.63, 3.8) is 0 Å². The van der Waals surface area contributed by atoms with Crippen LogP contribution in [0.2, 0.25) is 0 Å². The molecule has 0 radical (unpaired) electrons. The van der Waals surface area contributed by atoms with Crippen molar-refractivity contribution in [3.8, 4) is 0 Å². The number of carbonyl (C=O) groups excluding carboxylic acids is 1. The summed E-state index contributed by atoms with van der Waals surface area (Å²) in [6, 6.07) is 6.22. The van der Waals surface area contributed by atoms with Gasteiger partial charge in [0.1, 0.15) is 11.0 Å². The summed E-state index contributed by atoms with van der Waals surface area (Å²) in [6.45, 7) is 0. The van der Waals surface area contributed by atoms with E-state index in [9.17, 15) is 18.0 Å². The number of aromatic nitrogens is 2. The van der Waals surface area contributed by atoms with E-state index in [-0.39, 0.29) is 5.56 Å². The Labute approximate surface area is 120 Å². The molecule has 0 aliphatic heterocycles. The Hall–Kier alpha value is -2.48. The Balaban J connectivity index is 1.95. The van der Waals surface area contributed by atoms with E-state index in [0.717, 1.165) is 11.7 Å². The standard InChI is InChI=1S/C13H6F3N3OS/c14-7-4-6(5-8(15)11(7)16)13(20)17-9-2-1-3-10-12(9)19-21-18-10/h1-5H,(H,17,20). The van der Waals surface area contributed by atoms with Crippen LogP contribution >= 0.6 is 11.7 Å². The molecule has 3 rings (SSSR count). The van der Waals surface area contributed by atoms with E-state index < -0.39 is 23.4 Å². The summed E-state index contributed by atoms with van der Waals surface area (Å²) in [6.07, 6.45) is 0. The molecule has 1 aromatic heterocycles. The van der Waals surface area contributed by atoms with Gasteiger partial charge in [-0.15, -0.1) is 0 Å². The first-order chi connectivity index (χ1) is 10.1. The second-order valence-electron chi connectivity index (χ2n) is 4.15. The molecule has 0 aliphatic rings. The lowest BCUT2D eigenvalue weighted by Gasteiger charge is -2.06. The Morgan fingerprint density at radius 1 is 1.10 bits per heavy atom. The quantitative estimate of drug-likeness (QED) is 0.739. The number of amides is 1. The summed E-state index contributed by atoms with van der Waals surface area (Å²) in [5.74, 6) is -5.23. The van der Waals surface area contributed by atoms with Crippen LogP contribution in [0, 0.1) is 17.5 Å². The number of nitrogens with one attached hydrogen (secondary N) is 1. The predicted molar refractivity (Wildman–Crippen MR) is 71.7 cm³/mol. The number of hydrogen-bond acceptors (Lipinski definition) is 4. The van der Waals surface area contributed by atoms with Gasteiger partial charge in [0.05, 0.1) is 17.4 Å². The highest BCUT2D eigenvalue weighted by molar-refractivity contribution is 7.00. The number of hydrogen-bond donors (Lipinski definition) is 1. The average Bonchev–Trinajstić information content (AvgIpc) is 2.93. The fraction of sp³-hybridized carbons (Fsp3) is 0. The fourth-order valence-corrected chi connectivity index (χ4v) is 2.34. The van der Waals surface area contributed by atoms with Crippen LogP contribution in [0.5, 0.6) is 0 Å². The van der Waals surface area contributed by atoms with Crippen molar-refractivity contribution in [2.45, 2.75) is 0 Å². The normalized spacial score (nSPS) is 10.8. The van der Waals surface area contributed by atoms with Crippen LogP contribution in [-0.4, -0.2) is 14.7 Å². The molecule has 1 amide bonds. The lowest BCUT2D eigenvalue weighted by atomic mass is 10.2. The van der Waals surface area contributed by atoms with Gasteiger partial charge in [0.15, 0.2) is 17.5 Å². The Morgan fingerprint density at radius 2 is 1.81 bits per heavy atom.